The van der Waals surface area contributed by atoms with Gasteiger partial charge >= 0.3 is 0 Å². The van der Waals surface area contributed by atoms with Crippen molar-refractivity contribution in [1.29, 1.82) is 0 Å². The lowest BCUT2D eigenvalue weighted by Gasteiger charge is -2.05. The molecule has 0 atom stereocenters. The topological polar surface area (TPSA) is 184 Å². The van der Waals surface area contributed by atoms with Crippen molar-refractivity contribution >= 4 is 31.6 Å². The monoisotopic (exact) mass is 453 g/mol. The summed E-state index contributed by atoms with van der Waals surface area (Å²) in [6.07, 6.45) is 0. The normalized spacial score (nSPS) is 11.5. The highest BCUT2D eigenvalue weighted by Crippen LogP contribution is 2.22. The molecule has 0 aliphatic rings. The van der Waals surface area contributed by atoms with Gasteiger partial charge in [-0.3, -0.25) is 0 Å². The third-order valence-corrected chi connectivity index (χ3v) is 6.34. The lowest BCUT2D eigenvalue weighted by atomic mass is 10.2. The van der Waals surface area contributed by atoms with Crippen LogP contribution in [-0.4, -0.2) is 22.0 Å². The largest absolute Gasteiger partial charge is 0.399 e. The second kappa shape index (κ2) is 9.26. The quantitative estimate of drug-likeness (QED) is 0.418. The summed E-state index contributed by atoms with van der Waals surface area (Å²) in [6.45, 7) is 3.86. The van der Waals surface area contributed by atoms with E-state index in [1.54, 1.807) is 26.0 Å². The average Bonchev–Trinajstić information content (AvgIpc) is 3.00. The molecule has 0 radical (unpaired) electrons. The van der Waals surface area contributed by atoms with E-state index in [9.17, 15) is 16.8 Å². The molecule has 0 saturated carbocycles. The number of nitrogens with two attached hydrogens (primary N) is 3. The molecule has 3 rings (SSSR count). The Balaban J connectivity index is 0.000000232. The fraction of sp³-hybridized carbons (Fsp3) is 0.167. The van der Waals surface area contributed by atoms with Gasteiger partial charge in [-0.1, -0.05) is 17.3 Å². The van der Waals surface area contributed by atoms with Crippen LogP contribution in [0.25, 0.3) is 0 Å². The van der Waals surface area contributed by atoms with E-state index in [0.717, 1.165) is 5.56 Å². The molecular weight excluding hydrogens is 430 g/mol. The minimum atomic E-state index is -3.68. The van der Waals surface area contributed by atoms with Gasteiger partial charge in [0.1, 0.15) is 0 Å². The molecule has 0 unspecified atom stereocenters. The van der Waals surface area contributed by atoms with E-state index in [1.165, 1.54) is 36.4 Å². The molecule has 10 nitrogen and oxygen atoms in total. The number of hydrogen-bond acceptors (Lipinski definition) is 8. The van der Waals surface area contributed by atoms with E-state index >= 15 is 0 Å². The van der Waals surface area contributed by atoms with E-state index in [1.807, 2.05) is 0 Å². The van der Waals surface area contributed by atoms with E-state index in [2.05, 4.69) is 9.88 Å². The Morgan fingerprint density at radius 2 is 1.47 bits per heavy atom. The van der Waals surface area contributed by atoms with Crippen molar-refractivity contribution in [2.75, 3.05) is 10.5 Å². The lowest BCUT2D eigenvalue weighted by molar-refractivity contribution is 0.430. The van der Waals surface area contributed by atoms with Crippen LogP contribution in [0.1, 0.15) is 16.8 Å². The first-order chi connectivity index (χ1) is 13.9. The van der Waals surface area contributed by atoms with Crippen LogP contribution < -0.4 is 21.3 Å². The Labute approximate surface area is 175 Å². The summed E-state index contributed by atoms with van der Waals surface area (Å²) in [5, 5.41) is 8.58. The molecule has 0 aliphatic heterocycles. The number of nitrogens with zero attached hydrogens (tertiary/aromatic N) is 1. The van der Waals surface area contributed by atoms with Crippen molar-refractivity contribution < 1.29 is 21.4 Å². The molecule has 0 amide bonds. The number of aryl methyl sites for hydroxylation is 1. The van der Waals surface area contributed by atoms with Crippen LogP contribution in [0, 0.1) is 13.8 Å². The molecule has 1 heterocycles. The molecule has 0 fully saturated rings. The lowest BCUT2D eigenvalue weighted by Crippen LogP contribution is -2.13. The molecule has 0 saturated heterocycles. The predicted molar refractivity (Wildman–Crippen MR) is 113 cm³/mol. The van der Waals surface area contributed by atoms with Crippen molar-refractivity contribution in [3.8, 4) is 0 Å². The fourth-order valence-electron chi connectivity index (χ4n) is 2.15. The van der Waals surface area contributed by atoms with Gasteiger partial charge < -0.3 is 16.0 Å². The molecule has 0 aliphatic carbocycles. The smallest absolute Gasteiger partial charge is 0.264 e. The van der Waals surface area contributed by atoms with Gasteiger partial charge in [0.2, 0.25) is 15.9 Å². The van der Waals surface area contributed by atoms with Gasteiger partial charge in [-0.2, -0.15) is 0 Å². The molecule has 3 aromatic rings. The van der Waals surface area contributed by atoms with E-state index in [-0.39, 0.29) is 15.7 Å². The van der Waals surface area contributed by atoms with E-state index < -0.39 is 20.0 Å². The van der Waals surface area contributed by atoms with Crippen molar-refractivity contribution in [2.45, 2.75) is 30.2 Å². The number of sulfonamides is 2. The summed E-state index contributed by atoms with van der Waals surface area (Å²) in [4.78, 5) is 0.227. The minimum Gasteiger partial charge on any atom is -0.399 e. The van der Waals surface area contributed by atoms with Crippen LogP contribution in [0.2, 0.25) is 0 Å². The van der Waals surface area contributed by atoms with Gasteiger partial charge in [0, 0.05) is 17.8 Å². The number of nitrogens with one attached hydrogen (secondary N) is 1. The summed E-state index contributed by atoms with van der Waals surface area (Å²) in [5.41, 5.74) is 13.5. The Morgan fingerprint density at radius 3 is 1.90 bits per heavy atom. The SMILES string of the molecule is Cc1noc(NS(=O)(=O)c2ccc(N)cc2)c1C.NCc1ccc(S(N)(=O)=O)cc1. The minimum absolute atomic E-state index is 0.111. The second-order valence-electron chi connectivity index (χ2n) is 6.29. The highest BCUT2D eigenvalue weighted by Gasteiger charge is 2.18. The zero-order valence-electron chi connectivity index (χ0n) is 16.4. The molecule has 2 aromatic carbocycles. The zero-order valence-corrected chi connectivity index (χ0v) is 18.0. The second-order valence-corrected chi connectivity index (χ2v) is 9.53. The third kappa shape index (κ3) is 6.03. The van der Waals surface area contributed by atoms with Gasteiger partial charge in [0.25, 0.3) is 10.0 Å². The van der Waals surface area contributed by atoms with Gasteiger partial charge in [0.05, 0.1) is 15.5 Å². The molecule has 0 bridgehead atoms. The number of nitrogen functional groups attached to an aromatic ring is 1. The van der Waals surface area contributed by atoms with Gasteiger partial charge in [-0.15, -0.1) is 0 Å². The maximum Gasteiger partial charge on any atom is 0.264 e. The van der Waals surface area contributed by atoms with Gasteiger partial charge in [-0.05, 0) is 55.8 Å². The van der Waals surface area contributed by atoms with E-state index in [4.69, 9.17) is 21.1 Å². The van der Waals surface area contributed by atoms with Crippen molar-refractivity contribution in [3.05, 3.63) is 65.4 Å². The third-order valence-electron chi connectivity index (χ3n) is 4.06. The molecule has 162 valence electrons. The van der Waals surface area contributed by atoms with Gasteiger partial charge in [-0.25, -0.2) is 26.7 Å². The fourth-order valence-corrected chi connectivity index (χ4v) is 3.72. The van der Waals surface area contributed by atoms with Gasteiger partial charge in [0.15, 0.2) is 0 Å². The van der Waals surface area contributed by atoms with Crippen LogP contribution in [0.5, 0.6) is 0 Å². The van der Waals surface area contributed by atoms with Crippen LogP contribution >= 0.6 is 0 Å². The summed E-state index contributed by atoms with van der Waals surface area (Å²) >= 11 is 0. The van der Waals surface area contributed by atoms with E-state index in [0.29, 0.717) is 23.5 Å². The summed E-state index contributed by atoms with van der Waals surface area (Å²) in [7, 11) is -7.25. The highest BCUT2D eigenvalue weighted by atomic mass is 32.2. The molecule has 0 spiro atoms. The number of hydrogen-bond donors (Lipinski definition) is 4. The first kappa shape index (κ1) is 23.3. The number of benzene rings is 2. The van der Waals surface area contributed by atoms with Crippen LogP contribution in [0.3, 0.4) is 0 Å². The average molecular weight is 454 g/mol. The standard InChI is InChI=1S/C11H13N3O3S.C7H10N2O2S/c1-7-8(2)13-17-11(7)14-18(15,16)10-5-3-9(12)4-6-10;8-5-6-1-3-7(4-2-6)12(9,10)11/h3-6,14H,12H2,1-2H3;1-4H,5,8H2,(H2,9,10,11). The zero-order chi connectivity index (χ0) is 22.5. The summed E-state index contributed by atoms with van der Waals surface area (Å²) < 4.78 is 52.9. The van der Waals surface area contributed by atoms with Crippen LogP contribution in [0.4, 0.5) is 11.6 Å². The maximum atomic E-state index is 12.0. The first-order valence-electron chi connectivity index (χ1n) is 8.57. The number of rotatable bonds is 5. The Morgan fingerprint density at radius 1 is 0.933 bits per heavy atom. The highest BCUT2D eigenvalue weighted by molar-refractivity contribution is 7.92. The van der Waals surface area contributed by atoms with Crippen molar-refractivity contribution in [2.24, 2.45) is 10.9 Å². The molecule has 12 heteroatoms. The number of primary sulfonamides is 1. The van der Waals surface area contributed by atoms with Crippen LogP contribution in [0.15, 0.2) is 62.8 Å². The summed E-state index contributed by atoms with van der Waals surface area (Å²) in [6, 6.07) is 12.1. The Kier molecular flexibility index (Phi) is 7.21. The molecule has 1 aromatic heterocycles. The van der Waals surface area contributed by atoms with Crippen molar-refractivity contribution in [3.63, 3.8) is 0 Å². The molecular formula is C18H23N5O5S2. The number of anilines is 2. The summed E-state index contributed by atoms with van der Waals surface area (Å²) in [5.74, 6) is 0.129. The Bertz CT molecular complexity index is 1200. The number of aromatic nitrogens is 1. The molecule has 30 heavy (non-hydrogen) atoms. The maximum absolute atomic E-state index is 12.0. The van der Waals surface area contributed by atoms with Crippen molar-refractivity contribution in [1.82, 2.24) is 5.16 Å². The molecule has 7 N–H and O–H groups in total. The Hall–Kier alpha value is -2.93. The van der Waals surface area contributed by atoms with Crippen LogP contribution in [-0.2, 0) is 26.6 Å². The predicted octanol–water partition coefficient (Wildman–Crippen LogP) is 1.47. The first-order valence-corrected chi connectivity index (χ1v) is 11.6.